The van der Waals surface area contributed by atoms with Gasteiger partial charge in [-0.15, -0.1) is 0 Å². The summed E-state index contributed by atoms with van der Waals surface area (Å²) in [6.07, 6.45) is 0.495. The minimum Gasteiger partial charge on any atom is -0.393 e. The highest BCUT2D eigenvalue weighted by Gasteiger charge is 2.18. The fourth-order valence-electron chi connectivity index (χ4n) is 2.59. The topological polar surface area (TPSA) is 38.7 Å². The Balaban J connectivity index is 2.02. The Morgan fingerprint density at radius 2 is 2.00 bits per heavy atom. The lowest BCUT2D eigenvalue weighted by atomic mass is 10.1. The van der Waals surface area contributed by atoms with E-state index in [9.17, 15) is 5.11 Å². The zero-order chi connectivity index (χ0) is 15.2. The summed E-state index contributed by atoms with van der Waals surface area (Å²) in [4.78, 5) is 4.76. The molecular formula is C16H26ClN3O. The van der Waals surface area contributed by atoms with Crippen LogP contribution >= 0.6 is 11.6 Å². The summed E-state index contributed by atoms with van der Waals surface area (Å²) in [5.41, 5.74) is 2.40. The Labute approximate surface area is 132 Å². The van der Waals surface area contributed by atoms with Gasteiger partial charge in [0.2, 0.25) is 0 Å². The van der Waals surface area contributed by atoms with Gasteiger partial charge in [-0.25, -0.2) is 0 Å². The fourth-order valence-corrected chi connectivity index (χ4v) is 2.83. The Morgan fingerprint density at radius 1 is 1.29 bits per heavy atom. The Kier molecular flexibility index (Phi) is 6.30. The number of anilines is 1. The van der Waals surface area contributed by atoms with Gasteiger partial charge in [0, 0.05) is 49.0 Å². The molecule has 1 heterocycles. The lowest BCUT2D eigenvalue weighted by Crippen LogP contribution is -2.45. The maximum absolute atomic E-state index is 9.31. The summed E-state index contributed by atoms with van der Waals surface area (Å²) in [5, 5.41) is 13.5. The number of aliphatic hydroxyl groups is 1. The Morgan fingerprint density at radius 3 is 2.67 bits per heavy atom. The Bertz CT molecular complexity index is 445. The molecule has 2 N–H and O–H groups in total. The van der Waals surface area contributed by atoms with Gasteiger partial charge < -0.3 is 20.2 Å². The molecule has 5 heteroatoms. The molecule has 0 aromatic heterocycles. The van der Waals surface area contributed by atoms with E-state index in [0.717, 1.165) is 56.3 Å². The molecular weight excluding hydrogens is 286 g/mol. The van der Waals surface area contributed by atoms with Crippen molar-refractivity contribution >= 4 is 17.3 Å². The largest absolute Gasteiger partial charge is 0.393 e. The molecule has 0 spiro atoms. The standard InChI is InChI=1S/C16H26ClN3O/c1-13(21)6-7-18-12-14-15(17)4-3-5-16(14)20-10-8-19(2)9-11-20/h3-5,13,18,21H,6-12H2,1-2H3. The Hall–Kier alpha value is -0.810. The molecule has 0 amide bonds. The number of likely N-dealkylation sites (N-methyl/N-ethyl adjacent to an activating group) is 1. The summed E-state index contributed by atoms with van der Waals surface area (Å²) < 4.78 is 0. The van der Waals surface area contributed by atoms with E-state index in [2.05, 4.69) is 28.2 Å². The van der Waals surface area contributed by atoms with Gasteiger partial charge in [0.15, 0.2) is 0 Å². The van der Waals surface area contributed by atoms with E-state index in [0.29, 0.717) is 0 Å². The number of nitrogens with one attached hydrogen (secondary N) is 1. The first kappa shape index (κ1) is 16.6. The lowest BCUT2D eigenvalue weighted by Gasteiger charge is -2.35. The van der Waals surface area contributed by atoms with Crippen molar-refractivity contribution < 1.29 is 5.11 Å². The molecule has 1 atom stereocenters. The van der Waals surface area contributed by atoms with Crippen LogP contribution in [0.15, 0.2) is 18.2 Å². The molecule has 0 saturated carbocycles. The number of hydrogen-bond acceptors (Lipinski definition) is 4. The predicted octanol–water partition coefficient (Wildman–Crippen LogP) is 1.95. The van der Waals surface area contributed by atoms with Gasteiger partial charge in [0.05, 0.1) is 6.10 Å². The molecule has 1 saturated heterocycles. The number of nitrogens with zero attached hydrogens (tertiary/aromatic N) is 2. The molecule has 1 unspecified atom stereocenters. The molecule has 0 radical (unpaired) electrons. The summed E-state index contributed by atoms with van der Waals surface area (Å²) in [5.74, 6) is 0. The van der Waals surface area contributed by atoms with Crippen LogP contribution in [0.5, 0.6) is 0 Å². The maximum atomic E-state index is 9.31. The quantitative estimate of drug-likeness (QED) is 0.788. The number of benzene rings is 1. The van der Waals surface area contributed by atoms with Crippen molar-refractivity contribution in [1.29, 1.82) is 0 Å². The molecule has 4 nitrogen and oxygen atoms in total. The third-order valence-electron chi connectivity index (χ3n) is 3.98. The van der Waals surface area contributed by atoms with Crippen LogP contribution in [-0.2, 0) is 6.54 Å². The number of hydrogen-bond donors (Lipinski definition) is 2. The van der Waals surface area contributed by atoms with Crippen LogP contribution in [-0.4, -0.2) is 55.9 Å². The first-order valence-electron chi connectivity index (χ1n) is 7.67. The minimum absolute atomic E-state index is 0.263. The van der Waals surface area contributed by atoms with Crippen LogP contribution in [0, 0.1) is 0 Å². The van der Waals surface area contributed by atoms with E-state index in [-0.39, 0.29) is 6.10 Å². The molecule has 21 heavy (non-hydrogen) atoms. The van der Waals surface area contributed by atoms with Gasteiger partial charge in [0.25, 0.3) is 0 Å². The number of aliphatic hydroxyl groups excluding tert-OH is 1. The van der Waals surface area contributed by atoms with Gasteiger partial charge in [0.1, 0.15) is 0 Å². The van der Waals surface area contributed by atoms with Gasteiger partial charge in [-0.1, -0.05) is 17.7 Å². The van der Waals surface area contributed by atoms with Crippen molar-refractivity contribution in [3.8, 4) is 0 Å². The summed E-state index contributed by atoms with van der Waals surface area (Å²) in [7, 11) is 2.16. The maximum Gasteiger partial charge on any atom is 0.0524 e. The van der Waals surface area contributed by atoms with Gasteiger partial charge in [-0.2, -0.15) is 0 Å². The highest BCUT2D eigenvalue weighted by atomic mass is 35.5. The predicted molar refractivity (Wildman–Crippen MR) is 89.2 cm³/mol. The number of halogens is 1. The van der Waals surface area contributed by atoms with Gasteiger partial charge in [-0.3, -0.25) is 0 Å². The third kappa shape index (κ3) is 4.85. The molecule has 1 fully saturated rings. The lowest BCUT2D eigenvalue weighted by molar-refractivity contribution is 0.183. The first-order valence-corrected chi connectivity index (χ1v) is 8.05. The summed E-state index contributed by atoms with van der Waals surface area (Å²) >= 11 is 6.39. The van der Waals surface area contributed by atoms with Crippen molar-refractivity contribution in [2.75, 3.05) is 44.7 Å². The molecule has 0 bridgehead atoms. The highest BCUT2D eigenvalue weighted by Crippen LogP contribution is 2.28. The monoisotopic (exact) mass is 311 g/mol. The first-order chi connectivity index (χ1) is 10.1. The van der Waals surface area contributed by atoms with Crippen molar-refractivity contribution in [3.63, 3.8) is 0 Å². The molecule has 1 aromatic rings. The third-order valence-corrected chi connectivity index (χ3v) is 4.33. The second-order valence-electron chi connectivity index (χ2n) is 5.84. The number of piperazine rings is 1. The molecule has 118 valence electrons. The van der Waals surface area contributed by atoms with Gasteiger partial charge >= 0.3 is 0 Å². The van der Waals surface area contributed by atoms with Crippen LogP contribution < -0.4 is 10.2 Å². The van der Waals surface area contributed by atoms with Crippen LogP contribution in [0.3, 0.4) is 0 Å². The van der Waals surface area contributed by atoms with Crippen molar-refractivity contribution in [2.24, 2.45) is 0 Å². The van der Waals surface area contributed by atoms with Crippen LogP contribution in [0.25, 0.3) is 0 Å². The van der Waals surface area contributed by atoms with Crippen LogP contribution in [0.2, 0.25) is 5.02 Å². The van der Waals surface area contributed by atoms with E-state index < -0.39 is 0 Å². The average molecular weight is 312 g/mol. The van der Waals surface area contributed by atoms with E-state index in [4.69, 9.17) is 11.6 Å². The molecule has 1 aromatic carbocycles. The van der Waals surface area contributed by atoms with Crippen molar-refractivity contribution in [3.05, 3.63) is 28.8 Å². The van der Waals surface area contributed by atoms with E-state index in [1.165, 1.54) is 5.69 Å². The van der Waals surface area contributed by atoms with Crippen LogP contribution in [0.1, 0.15) is 18.9 Å². The van der Waals surface area contributed by atoms with E-state index in [1.54, 1.807) is 0 Å². The molecule has 1 aliphatic heterocycles. The summed E-state index contributed by atoms with van der Waals surface area (Å²) in [6, 6.07) is 6.13. The zero-order valence-electron chi connectivity index (χ0n) is 13.0. The highest BCUT2D eigenvalue weighted by molar-refractivity contribution is 6.31. The molecule has 1 aliphatic rings. The van der Waals surface area contributed by atoms with E-state index in [1.807, 2.05) is 19.1 Å². The smallest absolute Gasteiger partial charge is 0.0524 e. The van der Waals surface area contributed by atoms with Crippen molar-refractivity contribution in [1.82, 2.24) is 10.2 Å². The SMILES string of the molecule is CC(O)CCNCc1c(Cl)cccc1N1CCN(C)CC1. The molecule has 0 aliphatic carbocycles. The van der Waals surface area contributed by atoms with Crippen LogP contribution in [0.4, 0.5) is 5.69 Å². The second kappa shape index (κ2) is 7.99. The zero-order valence-corrected chi connectivity index (χ0v) is 13.7. The number of rotatable bonds is 6. The fraction of sp³-hybridized carbons (Fsp3) is 0.625. The average Bonchev–Trinajstić information content (AvgIpc) is 2.45. The van der Waals surface area contributed by atoms with Gasteiger partial charge in [-0.05, 0) is 39.1 Å². The van der Waals surface area contributed by atoms with Crippen molar-refractivity contribution in [2.45, 2.75) is 26.0 Å². The second-order valence-corrected chi connectivity index (χ2v) is 6.25. The minimum atomic E-state index is -0.263. The molecule has 2 rings (SSSR count). The summed E-state index contributed by atoms with van der Waals surface area (Å²) in [6.45, 7) is 7.60. The van der Waals surface area contributed by atoms with E-state index >= 15 is 0 Å². The normalized spacial score (nSPS) is 18.0.